The second-order valence-electron chi connectivity index (χ2n) is 5.29. The molecule has 19 heavy (non-hydrogen) atoms. The lowest BCUT2D eigenvalue weighted by Crippen LogP contribution is -2.54. The van der Waals surface area contributed by atoms with Gasteiger partial charge in [-0.1, -0.05) is 0 Å². The van der Waals surface area contributed by atoms with Crippen LogP contribution in [0.3, 0.4) is 0 Å². The van der Waals surface area contributed by atoms with E-state index >= 15 is 0 Å². The minimum Gasteiger partial charge on any atom is -0.311 e. The summed E-state index contributed by atoms with van der Waals surface area (Å²) in [6, 6.07) is -0.258. The van der Waals surface area contributed by atoms with Crippen LogP contribution in [0, 0.1) is 0 Å². The van der Waals surface area contributed by atoms with Crippen LogP contribution in [0.4, 0.5) is 0 Å². The van der Waals surface area contributed by atoms with Gasteiger partial charge >= 0.3 is 0 Å². The highest BCUT2D eigenvalue weighted by Gasteiger charge is 2.26. The molecule has 0 aromatic heterocycles. The average Bonchev–Trinajstić information content (AvgIpc) is 2.30. The lowest BCUT2D eigenvalue weighted by atomic mass is 10.2. The van der Waals surface area contributed by atoms with Gasteiger partial charge in [-0.2, -0.15) is 0 Å². The first-order chi connectivity index (χ1) is 8.94. The number of likely N-dealkylation sites (N-methyl/N-ethyl adjacent to an activating group) is 1. The van der Waals surface area contributed by atoms with Crippen molar-refractivity contribution in [3.63, 3.8) is 0 Å². The number of nitrogens with one attached hydrogen (secondary N) is 2. The van der Waals surface area contributed by atoms with Gasteiger partial charge in [0.1, 0.15) is 0 Å². The molecule has 0 radical (unpaired) electrons. The summed E-state index contributed by atoms with van der Waals surface area (Å²) in [5.41, 5.74) is 2.85. The highest BCUT2D eigenvalue weighted by Crippen LogP contribution is 2.05. The summed E-state index contributed by atoms with van der Waals surface area (Å²) in [5.74, 6) is 0.117. The quantitative estimate of drug-likeness (QED) is 0.628. The minimum atomic E-state index is -2.98. The summed E-state index contributed by atoms with van der Waals surface area (Å²) in [6.07, 6.45) is 0.214. The largest absolute Gasteiger partial charge is 0.311 e. The summed E-state index contributed by atoms with van der Waals surface area (Å²) in [6.45, 7) is 3.90. The number of piperazine rings is 1. The third kappa shape index (κ3) is 4.72. The summed E-state index contributed by atoms with van der Waals surface area (Å²) < 4.78 is 23.0. The SMILES string of the molecule is CN1CCN(NC(=O)CC2CS(=O)(=O)CCN2)CC1. The Balaban J connectivity index is 1.75. The molecule has 2 saturated heterocycles. The molecule has 2 aliphatic rings. The Morgan fingerprint density at radius 3 is 2.63 bits per heavy atom. The zero-order valence-electron chi connectivity index (χ0n) is 11.3. The fraction of sp³-hybridized carbons (Fsp3) is 0.909. The zero-order valence-corrected chi connectivity index (χ0v) is 12.1. The summed E-state index contributed by atoms with van der Waals surface area (Å²) in [7, 11) is -0.929. The van der Waals surface area contributed by atoms with E-state index in [1.165, 1.54) is 0 Å². The molecule has 0 spiro atoms. The fourth-order valence-corrected chi connectivity index (χ4v) is 3.81. The third-order valence-corrected chi connectivity index (χ3v) is 5.26. The molecule has 7 nitrogen and oxygen atoms in total. The van der Waals surface area contributed by atoms with E-state index in [2.05, 4.69) is 22.7 Å². The monoisotopic (exact) mass is 290 g/mol. The number of hydrogen-bond acceptors (Lipinski definition) is 6. The maximum atomic E-state index is 11.9. The van der Waals surface area contributed by atoms with E-state index in [1.54, 1.807) is 0 Å². The summed E-state index contributed by atoms with van der Waals surface area (Å²) in [4.78, 5) is 14.1. The number of hydrazine groups is 1. The number of carbonyl (C=O) groups excluding carboxylic acids is 1. The van der Waals surface area contributed by atoms with E-state index in [-0.39, 0.29) is 29.9 Å². The first-order valence-electron chi connectivity index (χ1n) is 6.61. The summed E-state index contributed by atoms with van der Waals surface area (Å²) >= 11 is 0. The lowest BCUT2D eigenvalue weighted by Gasteiger charge is -2.33. The van der Waals surface area contributed by atoms with E-state index in [9.17, 15) is 13.2 Å². The highest BCUT2D eigenvalue weighted by atomic mass is 32.2. The van der Waals surface area contributed by atoms with Gasteiger partial charge in [0.25, 0.3) is 0 Å². The zero-order chi connectivity index (χ0) is 13.9. The number of amides is 1. The molecular weight excluding hydrogens is 268 g/mol. The highest BCUT2D eigenvalue weighted by molar-refractivity contribution is 7.91. The van der Waals surface area contributed by atoms with E-state index in [0.717, 1.165) is 26.2 Å². The van der Waals surface area contributed by atoms with Gasteiger partial charge in [-0.25, -0.2) is 13.4 Å². The van der Waals surface area contributed by atoms with Crippen molar-refractivity contribution in [1.29, 1.82) is 0 Å². The normalized spacial score (nSPS) is 29.0. The Morgan fingerprint density at radius 1 is 1.32 bits per heavy atom. The Bertz CT molecular complexity index is 418. The third-order valence-electron chi connectivity index (χ3n) is 3.52. The van der Waals surface area contributed by atoms with Crippen LogP contribution >= 0.6 is 0 Å². The van der Waals surface area contributed by atoms with Crippen LogP contribution in [0.5, 0.6) is 0 Å². The molecule has 1 amide bonds. The van der Waals surface area contributed by atoms with Crippen LogP contribution in [0.2, 0.25) is 0 Å². The number of rotatable bonds is 3. The maximum absolute atomic E-state index is 11.9. The van der Waals surface area contributed by atoms with Crippen LogP contribution in [-0.2, 0) is 14.6 Å². The molecule has 1 unspecified atom stereocenters. The van der Waals surface area contributed by atoms with Crippen molar-refractivity contribution in [1.82, 2.24) is 20.7 Å². The average molecular weight is 290 g/mol. The van der Waals surface area contributed by atoms with Crippen LogP contribution in [0.25, 0.3) is 0 Å². The second-order valence-corrected chi connectivity index (χ2v) is 7.52. The predicted octanol–water partition coefficient (Wildman–Crippen LogP) is -1.96. The van der Waals surface area contributed by atoms with Crippen molar-refractivity contribution in [2.24, 2.45) is 0 Å². The van der Waals surface area contributed by atoms with Crippen LogP contribution < -0.4 is 10.7 Å². The van der Waals surface area contributed by atoms with Crippen LogP contribution in [-0.4, -0.2) is 81.6 Å². The predicted molar refractivity (Wildman–Crippen MR) is 72.3 cm³/mol. The van der Waals surface area contributed by atoms with Gasteiger partial charge in [0.15, 0.2) is 9.84 Å². The molecule has 2 fully saturated rings. The first kappa shape index (κ1) is 14.7. The molecule has 0 saturated carbocycles. The van der Waals surface area contributed by atoms with Crippen molar-refractivity contribution in [2.45, 2.75) is 12.5 Å². The maximum Gasteiger partial charge on any atom is 0.235 e. The second kappa shape index (κ2) is 6.17. The van der Waals surface area contributed by atoms with E-state index in [4.69, 9.17) is 0 Å². The molecule has 1 atom stereocenters. The van der Waals surface area contributed by atoms with E-state index in [1.807, 2.05) is 5.01 Å². The van der Waals surface area contributed by atoms with Crippen molar-refractivity contribution in [3.05, 3.63) is 0 Å². The Kier molecular flexibility index (Phi) is 4.77. The molecule has 8 heteroatoms. The molecule has 0 aliphatic carbocycles. The minimum absolute atomic E-state index is 0.0587. The van der Waals surface area contributed by atoms with Gasteiger partial charge in [0, 0.05) is 45.2 Å². The van der Waals surface area contributed by atoms with Crippen molar-refractivity contribution < 1.29 is 13.2 Å². The number of sulfone groups is 1. The van der Waals surface area contributed by atoms with Gasteiger partial charge < -0.3 is 10.2 Å². The molecule has 0 aromatic rings. The number of hydrogen-bond donors (Lipinski definition) is 2. The van der Waals surface area contributed by atoms with Crippen LogP contribution in [0.15, 0.2) is 0 Å². The fourth-order valence-electron chi connectivity index (χ4n) is 2.36. The molecule has 0 bridgehead atoms. The molecule has 110 valence electrons. The summed E-state index contributed by atoms with van der Waals surface area (Å²) in [5, 5.41) is 4.99. The van der Waals surface area contributed by atoms with Gasteiger partial charge in [-0.15, -0.1) is 0 Å². The number of nitrogens with zero attached hydrogens (tertiary/aromatic N) is 2. The molecule has 2 aliphatic heterocycles. The Labute approximate surface area is 114 Å². The van der Waals surface area contributed by atoms with E-state index < -0.39 is 9.84 Å². The lowest BCUT2D eigenvalue weighted by molar-refractivity contribution is -0.127. The molecule has 2 rings (SSSR count). The van der Waals surface area contributed by atoms with Gasteiger partial charge in [0.05, 0.1) is 11.5 Å². The molecule has 2 N–H and O–H groups in total. The van der Waals surface area contributed by atoms with E-state index in [0.29, 0.717) is 6.54 Å². The standard InChI is InChI=1S/C11H22N4O3S/c1-14-3-5-15(6-4-14)13-11(16)8-10-9-19(17,18)7-2-12-10/h10,12H,2-9H2,1H3,(H,13,16). The first-order valence-corrected chi connectivity index (χ1v) is 8.43. The topological polar surface area (TPSA) is 81.8 Å². The smallest absolute Gasteiger partial charge is 0.235 e. The van der Waals surface area contributed by atoms with Gasteiger partial charge in [0.2, 0.25) is 5.91 Å². The van der Waals surface area contributed by atoms with Crippen molar-refractivity contribution in [3.8, 4) is 0 Å². The Hall–Kier alpha value is -0.700. The van der Waals surface area contributed by atoms with Crippen LogP contribution in [0.1, 0.15) is 6.42 Å². The molecular formula is C11H22N4O3S. The molecule has 0 aromatic carbocycles. The van der Waals surface area contributed by atoms with Crippen molar-refractivity contribution in [2.75, 3.05) is 51.3 Å². The number of carbonyl (C=O) groups is 1. The Morgan fingerprint density at radius 2 is 2.00 bits per heavy atom. The van der Waals surface area contributed by atoms with Crippen molar-refractivity contribution >= 4 is 15.7 Å². The van der Waals surface area contributed by atoms with Gasteiger partial charge in [-0.05, 0) is 7.05 Å². The molecule has 2 heterocycles. The van der Waals surface area contributed by atoms with Gasteiger partial charge in [-0.3, -0.25) is 10.2 Å².